The zero-order valence-corrected chi connectivity index (χ0v) is 13.4. The lowest BCUT2D eigenvalue weighted by Gasteiger charge is -2.47. The van der Waals surface area contributed by atoms with E-state index in [1.165, 1.54) is 12.8 Å². The number of rotatable bonds is 3. The van der Waals surface area contributed by atoms with E-state index in [2.05, 4.69) is 39.5 Å². The van der Waals surface area contributed by atoms with Crippen molar-refractivity contribution in [2.45, 2.75) is 72.4 Å². The molecular formula is C17H31NO. The second-order valence-corrected chi connectivity index (χ2v) is 7.04. The van der Waals surface area contributed by atoms with Crippen LogP contribution in [0.3, 0.4) is 0 Å². The number of hydrogen-bond donors (Lipinski definition) is 1. The highest BCUT2D eigenvalue weighted by atomic mass is 16.3. The van der Waals surface area contributed by atoms with E-state index in [0.29, 0.717) is 12.0 Å². The van der Waals surface area contributed by atoms with Crippen molar-refractivity contribution in [3.8, 4) is 0 Å². The van der Waals surface area contributed by atoms with Crippen LogP contribution in [0, 0.1) is 11.3 Å². The number of nitrogens with zero attached hydrogens (tertiary/aromatic N) is 1. The maximum atomic E-state index is 10.8. The Kier molecular flexibility index (Phi) is 4.42. The molecule has 19 heavy (non-hydrogen) atoms. The van der Waals surface area contributed by atoms with Gasteiger partial charge in [0.25, 0.3) is 0 Å². The van der Waals surface area contributed by atoms with Gasteiger partial charge >= 0.3 is 0 Å². The first-order valence-corrected chi connectivity index (χ1v) is 8.07. The quantitative estimate of drug-likeness (QED) is 0.788. The van der Waals surface area contributed by atoms with Crippen molar-refractivity contribution in [3.05, 3.63) is 11.1 Å². The maximum absolute atomic E-state index is 10.8. The lowest BCUT2D eigenvalue weighted by molar-refractivity contribution is -0.0373. The molecule has 2 nitrogen and oxygen atoms in total. The van der Waals surface area contributed by atoms with Crippen molar-refractivity contribution in [2.75, 3.05) is 13.1 Å². The Labute approximate surface area is 118 Å². The SMILES string of the molecule is CCC1=C(C(C)C)C2(CC1)CCN(C(C)C)CC2O. The molecule has 1 saturated heterocycles. The van der Waals surface area contributed by atoms with Crippen LogP contribution >= 0.6 is 0 Å². The van der Waals surface area contributed by atoms with Gasteiger partial charge in [0.2, 0.25) is 0 Å². The zero-order valence-electron chi connectivity index (χ0n) is 13.4. The Morgan fingerprint density at radius 1 is 1.26 bits per heavy atom. The van der Waals surface area contributed by atoms with Gasteiger partial charge in [-0.05, 0) is 52.0 Å². The Balaban J connectivity index is 2.27. The van der Waals surface area contributed by atoms with E-state index in [9.17, 15) is 5.11 Å². The molecule has 1 spiro atoms. The lowest BCUT2D eigenvalue weighted by Crippen LogP contribution is -2.53. The molecular weight excluding hydrogens is 234 g/mol. The molecule has 1 aliphatic heterocycles. The largest absolute Gasteiger partial charge is 0.391 e. The van der Waals surface area contributed by atoms with E-state index in [0.717, 1.165) is 25.9 Å². The molecule has 110 valence electrons. The summed E-state index contributed by atoms with van der Waals surface area (Å²) in [5.41, 5.74) is 3.34. The number of β-amino-alcohol motifs (C(OH)–C–C–N with tert-alkyl or cyclic N) is 1. The van der Waals surface area contributed by atoms with Gasteiger partial charge in [0.05, 0.1) is 6.10 Å². The van der Waals surface area contributed by atoms with Crippen LogP contribution in [-0.2, 0) is 0 Å². The summed E-state index contributed by atoms with van der Waals surface area (Å²) in [5.74, 6) is 0.581. The van der Waals surface area contributed by atoms with Gasteiger partial charge in [-0.15, -0.1) is 0 Å². The third-order valence-electron chi connectivity index (χ3n) is 5.42. The minimum Gasteiger partial charge on any atom is -0.391 e. The average Bonchev–Trinajstić information content (AvgIpc) is 2.72. The normalized spacial score (nSPS) is 33.2. The van der Waals surface area contributed by atoms with Crippen molar-refractivity contribution in [1.29, 1.82) is 0 Å². The fourth-order valence-electron chi connectivity index (χ4n) is 4.42. The van der Waals surface area contributed by atoms with Crippen molar-refractivity contribution >= 4 is 0 Å². The summed E-state index contributed by atoms with van der Waals surface area (Å²) in [6, 6.07) is 0.547. The second-order valence-electron chi connectivity index (χ2n) is 7.04. The first-order chi connectivity index (χ1) is 8.92. The Bertz CT molecular complexity index is 358. The summed E-state index contributed by atoms with van der Waals surface area (Å²) < 4.78 is 0. The average molecular weight is 265 g/mol. The van der Waals surface area contributed by atoms with Gasteiger partial charge in [-0.1, -0.05) is 31.9 Å². The maximum Gasteiger partial charge on any atom is 0.0761 e. The Morgan fingerprint density at radius 3 is 2.42 bits per heavy atom. The van der Waals surface area contributed by atoms with Crippen LogP contribution in [0.15, 0.2) is 11.1 Å². The molecule has 1 heterocycles. The summed E-state index contributed by atoms with van der Waals surface area (Å²) in [7, 11) is 0. The number of hydrogen-bond acceptors (Lipinski definition) is 2. The van der Waals surface area contributed by atoms with Gasteiger partial charge < -0.3 is 5.11 Å². The molecule has 0 bridgehead atoms. The molecule has 2 atom stereocenters. The zero-order chi connectivity index (χ0) is 14.2. The summed E-state index contributed by atoms with van der Waals surface area (Å²) in [5, 5.41) is 10.8. The third kappa shape index (κ3) is 2.50. The van der Waals surface area contributed by atoms with Gasteiger partial charge in [0, 0.05) is 18.0 Å². The minimum atomic E-state index is -0.176. The van der Waals surface area contributed by atoms with Crippen molar-refractivity contribution in [3.63, 3.8) is 0 Å². The van der Waals surface area contributed by atoms with Crippen LogP contribution < -0.4 is 0 Å². The molecule has 2 rings (SSSR count). The first kappa shape index (κ1) is 15.1. The van der Waals surface area contributed by atoms with E-state index >= 15 is 0 Å². The monoisotopic (exact) mass is 265 g/mol. The predicted octanol–water partition coefficient (Wildman–Crippen LogP) is 3.60. The Morgan fingerprint density at radius 2 is 1.95 bits per heavy atom. The molecule has 0 amide bonds. The third-order valence-corrected chi connectivity index (χ3v) is 5.42. The minimum absolute atomic E-state index is 0.102. The van der Waals surface area contributed by atoms with Crippen LogP contribution in [0.2, 0.25) is 0 Å². The van der Waals surface area contributed by atoms with Gasteiger partial charge in [-0.3, -0.25) is 4.90 Å². The van der Waals surface area contributed by atoms with E-state index in [4.69, 9.17) is 0 Å². The highest BCUT2D eigenvalue weighted by molar-refractivity contribution is 5.32. The fraction of sp³-hybridized carbons (Fsp3) is 0.882. The molecule has 0 aromatic carbocycles. The molecule has 1 aliphatic carbocycles. The van der Waals surface area contributed by atoms with Crippen molar-refractivity contribution in [1.82, 2.24) is 4.90 Å². The summed E-state index contributed by atoms with van der Waals surface area (Å²) in [6.07, 6.45) is 4.52. The molecule has 0 aromatic heterocycles. The molecule has 1 fully saturated rings. The van der Waals surface area contributed by atoms with Crippen LogP contribution in [0.25, 0.3) is 0 Å². The van der Waals surface area contributed by atoms with E-state index in [1.54, 1.807) is 11.1 Å². The summed E-state index contributed by atoms with van der Waals surface area (Å²) in [6.45, 7) is 13.3. The topological polar surface area (TPSA) is 23.5 Å². The van der Waals surface area contributed by atoms with Gasteiger partial charge in [0.15, 0.2) is 0 Å². The number of likely N-dealkylation sites (tertiary alicyclic amines) is 1. The molecule has 2 heteroatoms. The van der Waals surface area contributed by atoms with E-state index < -0.39 is 0 Å². The standard InChI is InChI=1S/C17H31NO/c1-6-14-7-8-17(16(14)12(2)3)9-10-18(13(4)5)11-15(17)19/h12-13,15,19H,6-11H2,1-5H3. The number of allylic oxidation sites excluding steroid dienone is 1. The van der Waals surface area contributed by atoms with E-state index in [-0.39, 0.29) is 11.5 Å². The molecule has 0 aromatic rings. The smallest absolute Gasteiger partial charge is 0.0761 e. The van der Waals surface area contributed by atoms with Gasteiger partial charge in [-0.25, -0.2) is 0 Å². The predicted molar refractivity (Wildman–Crippen MR) is 81.2 cm³/mol. The first-order valence-electron chi connectivity index (χ1n) is 8.07. The molecule has 1 N–H and O–H groups in total. The second kappa shape index (κ2) is 5.57. The highest BCUT2D eigenvalue weighted by Crippen LogP contribution is 2.53. The van der Waals surface area contributed by atoms with Crippen LogP contribution in [-0.4, -0.2) is 35.2 Å². The molecule has 0 saturated carbocycles. The molecule has 2 aliphatic rings. The highest BCUT2D eigenvalue weighted by Gasteiger charge is 2.49. The van der Waals surface area contributed by atoms with Crippen LogP contribution in [0.5, 0.6) is 0 Å². The summed E-state index contributed by atoms with van der Waals surface area (Å²) in [4.78, 5) is 2.43. The Hall–Kier alpha value is -0.340. The van der Waals surface area contributed by atoms with Crippen LogP contribution in [0.1, 0.15) is 60.3 Å². The van der Waals surface area contributed by atoms with E-state index in [1.807, 2.05) is 0 Å². The number of aliphatic hydroxyl groups excluding tert-OH is 1. The number of piperidine rings is 1. The molecule has 2 unspecified atom stereocenters. The lowest BCUT2D eigenvalue weighted by atomic mass is 9.67. The van der Waals surface area contributed by atoms with Gasteiger partial charge in [0.1, 0.15) is 0 Å². The fourth-order valence-corrected chi connectivity index (χ4v) is 4.42. The van der Waals surface area contributed by atoms with Gasteiger partial charge in [-0.2, -0.15) is 0 Å². The van der Waals surface area contributed by atoms with Crippen molar-refractivity contribution < 1.29 is 5.11 Å². The number of aliphatic hydroxyl groups is 1. The molecule has 0 radical (unpaired) electrons. The van der Waals surface area contributed by atoms with Crippen molar-refractivity contribution in [2.24, 2.45) is 11.3 Å². The summed E-state index contributed by atoms with van der Waals surface area (Å²) >= 11 is 0. The van der Waals surface area contributed by atoms with Crippen LogP contribution in [0.4, 0.5) is 0 Å².